The molecule has 0 spiro atoms. The van der Waals surface area contributed by atoms with Crippen LogP contribution in [0.25, 0.3) is 11.0 Å². The summed E-state index contributed by atoms with van der Waals surface area (Å²) in [5.41, 5.74) is 0.185. The van der Waals surface area contributed by atoms with Crippen LogP contribution >= 0.6 is 0 Å². The van der Waals surface area contributed by atoms with Crippen LogP contribution in [0.2, 0.25) is 0 Å². The van der Waals surface area contributed by atoms with Crippen molar-refractivity contribution in [3.05, 3.63) is 65.2 Å². The van der Waals surface area contributed by atoms with Crippen LogP contribution in [0, 0.1) is 11.6 Å². The summed E-state index contributed by atoms with van der Waals surface area (Å²) in [5, 5.41) is 10.4. The maximum absolute atomic E-state index is 15.4. The van der Waals surface area contributed by atoms with Crippen LogP contribution in [0.3, 0.4) is 0 Å². The number of fused-ring (bicyclic) bond motifs is 1. The third-order valence-electron chi connectivity index (χ3n) is 6.17. The monoisotopic (exact) mass is 474 g/mol. The summed E-state index contributed by atoms with van der Waals surface area (Å²) in [5.74, 6) is -8.33. The maximum atomic E-state index is 15.4. The number of alkyl halides is 2. The number of anilines is 2. The number of nitrogens with zero attached hydrogens (tertiary/aromatic N) is 3. The zero-order valence-corrected chi connectivity index (χ0v) is 17.8. The van der Waals surface area contributed by atoms with Crippen LogP contribution in [0.15, 0.2) is 48.0 Å². The Hall–Kier alpha value is -3.89. The Morgan fingerprint density at radius 2 is 1.97 bits per heavy atom. The summed E-state index contributed by atoms with van der Waals surface area (Å²) in [4.78, 5) is 34.3. The summed E-state index contributed by atoms with van der Waals surface area (Å²) in [6, 6.07) is 5.44. The van der Waals surface area contributed by atoms with Gasteiger partial charge in [0.15, 0.2) is 23.2 Å². The van der Waals surface area contributed by atoms with Gasteiger partial charge in [-0.3, -0.25) is 14.5 Å². The second-order valence-electron chi connectivity index (χ2n) is 8.33. The number of H-pyrrole nitrogens is 1. The molecule has 2 aliphatic rings. The van der Waals surface area contributed by atoms with Gasteiger partial charge in [0.2, 0.25) is 0 Å². The van der Waals surface area contributed by atoms with Crippen LogP contribution in [-0.2, 0) is 9.59 Å². The van der Waals surface area contributed by atoms with E-state index in [1.165, 1.54) is 18.5 Å². The van der Waals surface area contributed by atoms with Gasteiger partial charge >= 0.3 is 0 Å². The fourth-order valence-electron chi connectivity index (χ4n) is 4.55. The van der Waals surface area contributed by atoms with Gasteiger partial charge in [-0.05, 0) is 31.2 Å². The quantitative estimate of drug-likeness (QED) is 0.554. The van der Waals surface area contributed by atoms with Crippen molar-refractivity contribution in [3.63, 3.8) is 0 Å². The van der Waals surface area contributed by atoms with Crippen molar-refractivity contribution in [2.45, 2.75) is 25.3 Å². The molecule has 3 aromatic rings. The minimum Gasteiger partial charge on any atom is -0.503 e. The molecule has 11 heteroatoms. The number of carbonyl (C=O) groups excluding carboxylic acids is 2. The van der Waals surface area contributed by atoms with E-state index in [4.69, 9.17) is 0 Å². The number of benzene rings is 2. The highest BCUT2D eigenvalue weighted by Crippen LogP contribution is 2.44. The first-order valence-electron chi connectivity index (χ1n) is 10.4. The van der Waals surface area contributed by atoms with Gasteiger partial charge in [-0.15, -0.1) is 0 Å². The van der Waals surface area contributed by atoms with Crippen molar-refractivity contribution < 1.29 is 32.3 Å². The first kappa shape index (κ1) is 21.9. The molecule has 2 N–H and O–H groups in total. The molecule has 0 aliphatic carbocycles. The molecule has 2 aliphatic heterocycles. The van der Waals surface area contributed by atoms with Crippen LogP contribution in [0.1, 0.15) is 24.9 Å². The lowest BCUT2D eigenvalue weighted by atomic mass is 9.95. The van der Waals surface area contributed by atoms with Crippen molar-refractivity contribution >= 4 is 34.1 Å². The largest absolute Gasteiger partial charge is 0.503 e. The fraction of sp³-hybridized carbons (Fsp3) is 0.261. The number of halogens is 4. The minimum absolute atomic E-state index is 0.153. The van der Waals surface area contributed by atoms with Gasteiger partial charge in [0.1, 0.15) is 0 Å². The Morgan fingerprint density at radius 3 is 2.65 bits per heavy atom. The van der Waals surface area contributed by atoms with E-state index in [0.717, 1.165) is 28.9 Å². The molecule has 0 radical (unpaired) electrons. The highest BCUT2D eigenvalue weighted by Gasteiger charge is 2.45. The lowest BCUT2D eigenvalue weighted by molar-refractivity contribution is -0.117. The van der Waals surface area contributed by atoms with E-state index in [9.17, 15) is 23.5 Å². The second kappa shape index (κ2) is 7.57. The maximum Gasteiger partial charge on any atom is 0.294 e. The summed E-state index contributed by atoms with van der Waals surface area (Å²) in [6.45, 7) is 0.195. The molecule has 0 saturated carbocycles. The number of rotatable bonds is 4. The zero-order valence-electron chi connectivity index (χ0n) is 17.8. The molecule has 0 bridgehead atoms. The van der Waals surface area contributed by atoms with Crippen molar-refractivity contribution in [2.75, 3.05) is 22.9 Å². The topological polar surface area (TPSA) is 89.5 Å². The molecule has 1 amide bonds. The fourth-order valence-corrected chi connectivity index (χ4v) is 4.55. The number of hydrogen-bond acceptors (Lipinski definition) is 5. The first-order chi connectivity index (χ1) is 16.1. The van der Waals surface area contributed by atoms with E-state index in [2.05, 4.69) is 9.97 Å². The summed E-state index contributed by atoms with van der Waals surface area (Å²) < 4.78 is 57.7. The standard InChI is InChI=1S/C23H18F4N4O3/c1-11(32)17-20(13-3-5-16(19(25)18(13)24)30-7-6-23(26,27)9-30)31(22(34)21(17)33)12-2-4-14-15(8-12)29-10-28-14/h2-5,8,10,20,33H,6-7,9H2,1H3,(H,28,29). The molecule has 1 unspecified atom stereocenters. The minimum atomic E-state index is -3.02. The zero-order chi connectivity index (χ0) is 24.4. The SMILES string of the molecule is CC(=O)C1=C(O)C(=O)N(c2ccc3[nH]cnc3c2)C1c1ccc(N2CCC(F)(F)C2)c(F)c1F. The van der Waals surface area contributed by atoms with E-state index < -0.39 is 65.2 Å². The van der Waals surface area contributed by atoms with Crippen molar-refractivity contribution in [3.8, 4) is 0 Å². The van der Waals surface area contributed by atoms with Crippen LogP contribution in [0.4, 0.5) is 28.9 Å². The molecule has 7 nitrogen and oxygen atoms in total. The van der Waals surface area contributed by atoms with Gasteiger partial charge in [-0.1, -0.05) is 6.07 Å². The number of Topliss-reactive ketones (excluding diaryl/α,β-unsaturated/α-hetero) is 1. The number of aliphatic hydroxyl groups excluding tert-OH is 1. The highest BCUT2D eigenvalue weighted by molar-refractivity contribution is 6.16. The molecular weight excluding hydrogens is 456 g/mol. The summed E-state index contributed by atoms with van der Waals surface area (Å²) in [7, 11) is 0. The first-order valence-corrected chi connectivity index (χ1v) is 10.4. The van der Waals surface area contributed by atoms with Gasteiger partial charge in [0.25, 0.3) is 11.8 Å². The number of imidazole rings is 1. The highest BCUT2D eigenvalue weighted by atomic mass is 19.3. The summed E-state index contributed by atoms with van der Waals surface area (Å²) in [6.07, 6.45) is 0.950. The average molecular weight is 474 g/mol. The van der Waals surface area contributed by atoms with Gasteiger partial charge in [-0.25, -0.2) is 22.5 Å². The Balaban J connectivity index is 1.63. The Labute approximate surface area is 190 Å². The number of nitrogens with one attached hydrogen (secondary N) is 1. The number of aromatic nitrogens is 2. The Bertz CT molecular complexity index is 1380. The summed E-state index contributed by atoms with van der Waals surface area (Å²) >= 11 is 0. The van der Waals surface area contributed by atoms with Gasteiger partial charge in [0, 0.05) is 24.2 Å². The third kappa shape index (κ3) is 3.30. The predicted octanol–water partition coefficient (Wildman–Crippen LogP) is 4.18. The Morgan fingerprint density at radius 1 is 1.21 bits per heavy atom. The van der Waals surface area contributed by atoms with Gasteiger partial charge in [-0.2, -0.15) is 0 Å². The van der Waals surface area contributed by atoms with Crippen LogP contribution in [0.5, 0.6) is 0 Å². The van der Waals surface area contributed by atoms with Crippen LogP contribution < -0.4 is 9.80 Å². The number of aliphatic hydroxyl groups is 1. The molecule has 3 heterocycles. The molecule has 176 valence electrons. The molecule has 1 fully saturated rings. The predicted molar refractivity (Wildman–Crippen MR) is 115 cm³/mol. The van der Waals surface area contributed by atoms with Crippen LogP contribution in [-0.4, -0.2) is 45.8 Å². The average Bonchev–Trinajstić information content (AvgIpc) is 3.46. The molecule has 2 aromatic carbocycles. The van der Waals surface area contributed by atoms with Crippen molar-refractivity contribution in [2.24, 2.45) is 0 Å². The lowest BCUT2D eigenvalue weighted by Gasteiger charge is -2.28. The number of carbonyl (C=O) groups is 2. The normalized spacial score (nSPS) is 20.1. The van der Waals surface area contributed by atoms with Gasteiger partial charge in [0.05, 0.1) is 41.2 Å². The molecular formula is C23H18F4N4O3. The molecule has 5 rings (SSSR count). The Kier molecular flexibility index (Phi) is 4.88. The second-order valence-corrected chi connectivity index (χ2v) is 8.33. The number of ketones is 1. The van der Waals surface area contributed by atoms with E-state index in [-0.39, 0.29) is 17.9 Å². The smallest absolute Gasteiger partial charge is 0.294 e. The number of aromatic amines is 1. The van der Waals surface area contributed by atoms with E-state index >= 15 is 8.78 Å². The molecule has 1 saturated heterocycles. The van der Waals surface area contributed by atoms with E-state index in [0.29, 0.717) is 11.0 Å². The third-order valence-corrected chi connectivity index (χ3v) is 6.17. The van der Waals surface area contributed by atoms with E-state index in [1.807, 2.05) is 0 Å². The van der Waals surface area contributed by atoms with Crippen molar-refractivity contribution in [1.29, 1.82) is 0 Å². The molecule has 34 heavy (non-hydrogen) atoms. The molecule has 1 atom stereocenters. The van der Waals surface area contributed by atoms with E-state index in [1.54, 1.807) is 6.07 Å². The van der Waals surface area contributed by atoms with Crippen molar-refractivity contribution in [1.82, 2.24) is 9.97 Å². The lowest BCUT2D eigenvalue weighted by Crippen LogP contribution is -2.32. The van der Waals surface area contributed by atoms with Gasteiger partial charge < -0.3 is 15.0 Å². The number of amides is 1. The molecule has 1 aromatic heterocycles. The number of hydrogen-bond donors (Lipinski definition) is 2.